The lowest BCUT2D eigenvalue weighted by Gasteiger charge is -2.28. The highest BCUT2D eigenvalue weighted by atomic mass is 32.1. The van der Waals surface area contributed by atoms with E-state index in [9.17, 15) is 40.2 Å². The Morgan fingerprint density at radius 3 is 0.810 bits per heavy atom. The van der Waals surface area contributed by atoms with Crippen LogP contribution in [0.4, 0.5) is 19.2 Å². The summed E-state index contributed by atoms with van der Waals surface area (Å²) >= 11 is 6.50. The first kappa shape index (κ1) is 100. The minimum absolute atomic E-state index is 0.00325. The minimum atomic E-state index is 0.00325. The Kier molecular flexibility index (Phi) is 32.4. The lowest BCUT2D eigenvalue weighted by molar-refractivity contribution is 0.182. The number of thiazole rings is 4. The lowest BCUT2D eigenvalue weighted by Crippen LogP contribution is -2.43. The molecule has 4 aromatic heterocycles. The molecule has 0 bridgehead atoms. The van der Waals surface area contributed by atoms with Crippen molar-refractivity contribution in [1.29, 1.82) is 21.0 Å². The first-order valence-corrected chi connectivity index (χ1v) is 53.2. The van der Waals surface area contributed by atoms with E-state index in [4.69, 9.17) is 18.9 Å². The zero-order chi connectivity index (χ0) is 99.2. The van der Waals surface area contributed by atoms with Crippen LogP contribution in [0.2, 0.25) is 0 Å². The first-order valence-electron chi connectivity index (χ1n) is 50.0. The van der Waals surface area contributed by atoms with E-state index < -0.39 is 0 Å². The molecular weight excluding hydrogens is 1850 g/mol. The van der Waals surface area contributed by atoms with Crippen LogP contribution >= 0.6 is 45.3 Å². The standard InChI is InChI=1S/C29H33N5O2S.3C28H30N4O2S/c1-18(2)36-26-11-8-19(14-20(26)15-30)28-31-16-27(37-28)24-7-5-6-23-22(24)9-10-25(23)32-29(35)34-13-12-21(17-34)33(3)4;3*1-18(2)34-25-12-9-19(15-20(25)16-29)27-30-17-26(35-27)23-8-6-7-22-21(23)10-11-24(22)31-28(33)32-13-4-3-5-14-32/h5-8,11,14,16,18,21,25H,9-10,12-13,17H2,1-4H3,(H,32,35);3*6-9,12,15,17-18,24H,3-5,10-11,13-14H2,1-2H3,(H,31,33)/t21-,25+;3*24-/m1110/s1. The van der Waals surface area contributed by atoms with E-state index in [2.05, 4.69) is 157 Å². The van der Waals surface area contributed by atoms with Crippen molar-refractivity contribution in [2.45, 2.75) is 226 Å². The maximum Gasteiger partial charge on any atom is 0.317 e. The molecule has 0 saturated carbocycles. The second-order valence-electron chi connectivity index (χ2n) is 38.7. The maximum atomic E-state index is 13.0. The average molecular weight is 1980 g/mol. The van der Waals surface area contributed by atoms with Gasteiger partial charge < -0.3 is 64.7 Å². The van der Waals surface area contributed by atoms with E-state index in [-0.39, 0.29) is 72.7 Å². The van der Waals surface area contributed by atoms with Gasteiger partial charge in [-0.1, -0.05) is 72.8 Å². The van der Waals surface area contributed by atoms with Crippen molar-refractivity contribution >= 4 is 69.5 Å². The Morgan fingerprint density at radius 2 is 0.585 bits per heavy atom. The molecule has 5 atom stereocenters. The minimum Gasteiger partial charge on any atom is -0.490 e. The van der Waals surface area contributed by atoms with Gasteiger partial charge >= 0.3 is 24.1 Å². The molecule has 4 fully saturated rings. The van der Waals surface area contributed by atoms with E-state index in [1.165, 1.54) is 86.0 Å². The molecule has 0 radical (unpaired) electrons. The quantitative estimate of drug-likeness (QED) is 0.0519. The van der Waals surface area contributed by atoms with Crippen LogP contribution in [0.5, 0.6) is 23.0 Å². The number of urea groups is 4. The summed E-state index contributed by atoms with van der Waals surface area (Å²) in [5, 5.41) is 55.0. The van der Waals surface area contributed by atoms with Crippen LogP contribution in [0.1, 0.15) is 236 Å². The number of likely N-dealkylation sites (N-methyl/N-ethyl adjacent to an activating group) is 1. The number of carbonyl (C=O) groups excluding carboxylic acids is 4. The first-order chi connectivity index (χ1) is 68.9. The fraction of sp³-hybridized carbons (Fsp3) is 0.398. The number of hydrogen-bond acceptors (Lipinski definition) is 21. The summed E-state index contributed by atoms with van der Waals surface area (Å²) in [4.78, 5) is 84.4. The maximum absolute atomic E-state index is 13.0. The predicted molar refractivity (Wildman–Crippen MR) is 562 cm³/mol. The van der Waals surface area contributed by atoms with Crippen LogP contribution in [-0.2, 0) is 25.7 Å². The molecular formula is C113H123N17O8S4. The van der Waals surface area contributed by atoms with E-state index in [0.717, 1.165) is 210 Å². The molecule has 8 amide bonds. The third kappa shape index (κ3) is 23.4. The number of hydrogen-bond donors (Lipinski definition) is 4. The number of benzene rings is 8. The van der Waals surface area contributed by atoms with Crippen LogP contribution in [-0.4, -0.2) is 165 Å². The highest BCUT2D eigenvalue weighted by molar-refractivity contribution is 7.19. The molecule has 25 nitrogen and oxygen atoms in total. The fourth-order valence-corrected chi connectivity index (χ4v) is 24.2. The molecule has 8 heterocycles. The van der Waals surface area contributed by atoms with Crippen molar-refractivity contribution < 1.29 is 38.1 Å². The molecule has 4 N–H and O–H groups in total. The largest absolute Gasteiger partial charge is 0.490 e. The number of fused-ring (bicyclic) bond motifs is 4. The average Bonchev–Trinajstić information content (AvgIpc) is 1.65. The second kappa shape index (κ2) is 46.0. The molecule has 142 heavy (non-hydrogen) atoms. The van der Waals surface area contributed by atoms with E-state index in [1.54, 1.807) is 45.3 Å². The van der Waals surface area contributed by atoms with Gasteiger partial charge in [0.2, 0.25) is 0 Å². The number of rotatable bonds is 21. The van der Waals surface area contributed by atoms with Crippen molar-refractivity contribution in [3.63, 3.8) is 0 Å². The van der Waals surface area contributed by atoms with Crippen LogP contribution in [0.15, 0.2) is 170 Å². The third-order valence-corrected chi connectivity index (χ3v) is 31.6. The molecule has 20 rings (SSSR count). The highest BCUT2D eigenvalue weighted by Gasteiger charge is 2.36. The normalized spacial score (nSPS) is 17.6. The lowest BCUT2D eigenvalue weighted by atomic mass is 10.0. The zero-order valence-corrected chi connectivity index (χ0v) is 85.7. The molecule has 0 unspecified atom stereocenters. The second-order valence-corrected chi connectivity index (χ2v) is 42.9. The monoisotopic (exact) mass is 1970 g/mol. The summed E-state index contributed by atoms with van der Waals surface area (Å²) < 4.78 is 23.0. The molecule has 29 heteroatoms. The number of aromatic nitrogens is 4. The SMILES string of the molecule is CC(C)Oc1ccc(-c2ncc(-c3cccc4c3CC[C@@H]4NC(=O)N3CCCCC3)s2)cc1C#N.CC(C)Oc1ccc(-c2ncc(-c3cccc4c3CC[C@@H]4NC(=O)N3CC[C@@H](N(C)C)C3)s2)cc1C#N.CC(C)Oc1ccc(-c2ncc(-c3cccc4c3CC[C@H]4NC(=O)N3CCCCC3)s2)cc1C#N.CC(C)Oc1ccc(-c2ncc(-c3cccc4c3CC[C@H]4NC(=O)N3CCCCC3)s2)cc1C#N. The molecule has 8 aromatic carbocycles. The zero-order valence-electron chi connectivity index (χ0n) is 82.5. The van der Waals surface area contributed by atoms with Crippen LogP contribution in [0.25, 0.3) is 84.0 Å². The van der Waals surface area contributed by atoms with Crippen molar-refractivity contribution in [2.75, 3.05) is 66.5 Å². The summed E-state index contributed by atoms with van der Waals surface area (Å²) in [5.41, 5.74) is 20.4. The molecule has 0 spiro atoms. The number of carbonyl (C=O) groups is 4. The van der Waals surface area contributed by atoms with Crippen molar-refractivity contribution in [3.05, 3.63) is 237 Å². The Morgan fingerprint density at radius 1 is 0.338 bits per heavy atom. The number of nitrogens with one attached hydrogen (secondary N) is 4. The number of ether oxygens (including phenoxy) is 4. The topological polar surface area (TPSA) is 316 Å². The third-order valence-electron chi connectivity index (χ3n) is 27.3. The number of nitriles is 4. The van der Waals surface area contributed by atoms with Gasteiger partial charge in [-0.15, -0.1) is 45.3 Å². The van der Waals surface area contributed by atoms with Gasteiger partial charge in [-0.3, -0.25) is 0 Å². The number of piperidine rings is 3. The summed E-state index contributed by atoms with van der Waals surface area (Å²) in [6, 6.07) is 57.9. The fourth-order valence-electron chi connectivity index (χ4n) is 20.3. The van der Waals surface area contributed by atoms with E-state index in [1.807, 2.05) is 173 Å². The summed E-state index contributed by atoms with van der Waals surface area (Å²) in [5.74, 6) is 2.39. The summed E-state index contributed by atoms with van der Waals surface area (Å²) in [6.45, 7) is 22.3. The number of nitrogens with zero attached hydrogens (tertiary/aromatic N) is 13. The van der Waals surface area contributed by atoms with E-state index >= 15 is 0 Å². The van der Waals surface area contributed by atoms with Gasteiger partial charge in [0, 0.05) is 105 Å². The van der Waals surface area contributed by atoms with Gasteiger partial charge in [0.15, 0.2) is 0 Å². The van der Waals surface area contributed by atoms with Crippen molar-refractivity contribution in [1.82, 2.24) is 65.7 Å². The Hall–Kier alpha value is -13.5. The van der Waals surface area contributed by atoms with Crippen LogP contribution in [0.3, 0.4) is 0 Å². The number of likely N-dealkylation sites (tertiary alicyclic amines) is 4. The molecule has 4 saturated heterocycles. The van der Waals surface area contributed by atoms with Gasteiger partial charge in [0.1, 0.15) is 67.3 Å². The Bertz CT molecular complexity index is 6280. The van der Waals surface area contributed by atoms with Gasteiger partial charge in [-0.25, -0.2) is 39.1 Å². The smallest absolute Gasteiger partial charge is 0.317 e. The molecule has 732 valence electrons. The van der Waals surface area contributed by atoms with Crippen molar-refractivity contribution in [3.8, 4) is 131 Å². The Balaban J connectivity index is 0.000000130. The van der Waals surface area contributed by atoms with Gasteiger partial charge in [0.05, 0.1) is 90.3 Å². The molecule has 8 aliphatic rings. The van der Waals surface area contributed by atoms with Crippen LogP contribution < -0.4 is 40.2 Å². The Labute approximate surface area is 848 Å². The molecule has 4 aliphatic carbocycles. The predicted octanol–water partition coefficient (Wildman–Crippen LogP) is 24.4. The molecule has 4 aliphatic heterocycles. The summed E-state index contributed by atoms with van der Waals surface area (Å²) in [6.07, 6.45) is 26.3. The summed E-state index contributed by atoms with van der Waals surface area (Å²) in [7, 11) is 4.15. The van der Waals surface area contributed by atoms with E-state index in [0.29, 0.717) is 51.3 Å². The number of amides is 8. The van der Waals surface area contributed by atoms with Gasteiger partial charge in [-0.2, -0.15) is 21.0 Å². The van der Waals surface area contributed by atoms with Crippen LogP contribution in [0, 0.1) is 45.3 Å². The van der Waals surface area contributed by atoms with Gasteiger partial charge in [0.25, 0.3) is 0 Å². The molecule has 12 aromatic rings. The highest BCUT2D eigenvalue weighted by Crippen LogP contribution is 2.48. The van der Waals surface area contributed by atoms with Gasteiger partial charge in [-0.05, 0) is 325 Å². The van der Waals surface area contributed by atoms with Crippen molar-refractivity contribution in [2.24, 2.45) is 0 Å².